The van der Waals surface area contributed by atoms with Crippen molar-refractivity contribution < 1.29 is 14.7 Å². The number of aromatic nitrogens is 1. The summed E-state index contributed by atoms with van der Waals surface area (Å²) in [6, 6.07) is 0. The van der Waals surface area contributed by atoms with Crippen LogP contribution in [0.15, 0.2) is 0 Å². The van der Waals surface area contributed by atoms with Crippen molar-refractivity contribution in [2.75, 3.05) is 26.2 Å². The number of thiazole rings is 1. The van der Waals surface area contributed by atoms with Gasteiger partial charge < -0.3 is 15.3 Å². The average Bonchev–Trinajstić information content (AvgIpc) is 2.89. The van der Waals surface area contributed by atoms with Crippen LogP contribution < -0.4 is 5.32 Å². The van der Waals surface area contributed by atoms with Gasteiger partial charge in [0.2, 0.25) is 5.91 Å². The molecule has 1 aromatic heterocycles. The summed E-state index contributed by atoms with van der Waals surface area (Å²) in [6.07, 6.45) is 3.36. The molecule has 2 N–H and O–H groups in total. The van der Waals surface area contributed by atoms with Gasteiger partial charge >= 0.3 is 5.97 Å². The number of aromatic carboxylic acids is 1. The zero-order valence-corrected chi connectivity index (χ0v) is 14.6. The molecule has 1 fully saturated rings. The predicted molar refractivity (Wildman–Crippen MR) is 90.0 cm³/mol. The predicted octanol–water partition coefficient (Wildman–Crippen LogP) is 1.93. The molecule has 0 unspecified atom stereocenters. The molecule has 1 aromatic rings. The minimum absolute atomic E-state index is 0.0895. The number of aryl methyl sites for hydroxylation is 1. The number of carbonyl (C=O) groups is 2. The van der Waals surface area contributed by atoms with Gasteiger partial charge in [0.25, 0.3) is 0 Å². The number of carboxylic acids is 1. The lowest BCUT2D eigenvalue weighted by molar-refractivity contribution is -0.122. The minimum Gasteiger partial charge on any atom is -0.477 e. The molecule has 2 rings (SSSR count). The first-order valence-corrected chi connectivity index (χ1v) is 9.00. The molecule has 1 saturated heterocycles. The molecule has 0 bridgehead atoms. The number of likely N-dealkylation sites (tertiary alicyclic amines) is 1. The summed E-state index contributed by atoms with van der Waals surface area (Å²) in [7, 11) is 0. The van der Waals surface area contributed by atoms with Crippen molar-refractivity contribution in [1.29, 1.82) is 0 Å². The number of amides is 1. The van der Waals surface area contributed by atoms with E-state index in [0.29, 0.717) is 31.0 Å². The summed E-state index contributed by atoms with van der Waals surface area (Å²) < 4.78 is 0. The van der Waals surface area contributed by atoms with Gasteiger partial charge in [-0.05, 0) is 45.3 Å². The van der Waals surface area contributed by atoms with Crippen LogP contribution in [-0.4, -0.2) is 53.0 Å². The van der Waals surface area contributed by atoms with E-state index in [2.05, 4.69) is 22.1 Å². The molecule has 2 heterocycles. The monoisotopic (exact) mass is 339 g/mol. The Labute approximate surface area is 140 Å². The van der Waals surface area contributed by atoms with Crippen molar-refractivity contribution in [3.05, 3.63) is 15.6 Å². The first kappa shape index (κ1) is 17.9. The number of hydrogen-bond acceptors (Lipinski definition) is 5. The second-order valence-corrected chi connectivity index (χ2v) is 7.09. The number of carboxylic acid groups (broad SMARTS) is 1. The Hall–Kier alpha value is -1.47. The molecule has 1 amide bonds. The van der Waals surface area contributed by atoms with E-state index in [-0.39, 0.29) is 10.8 Å². The molecule has 0 radical (unpaired) electrons. The lowest BCUT2D eigenvalue weighted by Crippen LogP contribution is -2.36. The van der Waals surface area contributed by atoms with E-state index < -0.39 is 5.97 Å². The normalized spacial score (nSPS) is 16.4. The Kier molecular flexibility index (Phi) is 6.53. The molecule has 128 valence electrons. The van der Waals surface area contributed by atoms with Crippen LogP contribution in [0.2, 0.25) is 0 Å². The Morgan fingerprint density at radius 3 is 2.65 bits per heavy atom. The maximum atomic E-state index is 12.0. The highest BCUT2D eigenvalue weighted by Crippen LogP contribution is 2.20. The van der Waals surface area contributed by atoms with Crippen LogP contribution in [0.5, 0.6) is 0 Å². The first-order valence-electron chi connectivity index (χ1n) is 8.18. The van der Waals surface area contributed by atoms with Gasteiger partial charge in [-0.15, -0.1) is 11.3 Å². The lowest BCUT2D eigenvalue weighted by Gasteiger charge is -2.30. The summed E-state index contributed by atoms with van der Waals surface area (Å²) in [4.78, 5) is 29.9. The van der Waals surface area contributed by atoms with Crippen LogP contribution in [0.4, 0.5) is 0 Å². The zero-order chi connectivity index (χ0) is 16.8. The van der Waals surface area contributed by atoms with Crippen LogP contribution >= 0.6 is 11.3 Å². The molecule has 1 aliphatic rings. The van der Waals surface area contributed by atoms with Gasteiger partial charge in [0, 0.05) is 19.4 Å². The second-order valence-electron chi connectivity index (χ2n) is 6.01. The van der Waals surface area contributed by atoms with E-state index in [1.807, 2.05) is 0 Å². The maximum Gasteiger partial charge on any atom is 0.347 e. The number of hydrogen-bond donors (Lipinski definition) is 2. The molecular formula is C16H25N3O3S. The fourth-order valence-electron chi connectivity index (χ4n) is 2.91. The summed E-state index contributed by atoms with van der Waals surface area (Å²) >= 11 is 1.19. The molecule has 0 aromatic carbocycles. The highest BCUT2D eigenvalue weighted by Gasteiger charge is 2.20. The topological polar surface area (TPSA) is 82.5 Å². The molecule has 0 spiro atoms. The maximum absolute atomic E-state index is 12.0. The molecule has 6 nitrogen and oxygen atoms in total. The van der Waals surface area contributed by atoms with Crippen LogP contribution in [0.25, 0.3) is 0 Å². The van der Waals surface area contributed by atoms with Crippen LogP contribution in [0.1, 0.15) is 46.6 Å². The second kappa shape index (κ2) is 8.40. The zero-order valence-electron chi connectivity index (χ0n) is 13.8. The van der Waals surface area contributed by atoms with Crippen molar-refractivity contribution in [1.82, 2.24) is 15.2 Å². The Bertz CT molecular complexity index is 551. The van der Waals surface area contributed by atoms with Gasteiger partial charge in [-0.2, -0.15) is 0 Å². The fourth-order valence-corrected chi connectivity index (χ4v) is 3.81. The fraction of sp³-hybridized carbons (Fsp3) is 0.688. The van der Waals surface area contributed by atoms with Gasteiger partial charge in [0.05, 0.1) is 10.7 Å². The lowest BCUT2D eigenvalue weighted by atomic mass is 9.93. The van der Waals surface area contributed by atoms with Crippen molar-refractivity contribution >= 4 is 23.2 Å². The number of carbonyl (C=O) groups excluding carboxylic acids is 1. The third-order valence-electron chi connectivity index (χ3n) is 4.32. The quantitative estimate of drug-likeness (QED) is 0.793. The molecule has 0 atom stereocenters. The third kappa shape index (κ3) is 5.28. The number of rotatable bonds is 7. The summed E-state index contributed by atoms with van der Waals surface area (Å²) in [5.74, 6) is -0.362. The van der Waals surface area contributed by atoms with Crippen molar-refractivity contribution in [3.8, 4) is 0 Å². The van der Waals surface area contributed by atoms with Gasteiger partial charge in [-0.3, -0.25) is 4.79 Å². The molecular weight excluding hydrogens is 314 g/mol. The SMILES string of the molecule is CCN1CCC(CC(=O)NCCc2nc(C)c(C(=O)O)s2)CC1. The molecule has 1 aliphatic heterocycles. The van der Waals surface area contributed by atoms with Gasteiger partial charge in [0.1, 0.15) is 4.88 Å². The Morgan fingerprint density at radius 1 is 1.39 bits per heavy atom. The number of piperidine rings is 1. The van der Waals surface area contributed by atoms with Crippen molar-refractivity contribution in [2.45, 2.75) is 39.5 Å². The van der Waals surface area contributed by atoms with Crippen LogP contribution in [0, 0.1) is 12.8 Å². The van der Waals surface area contributed by atoms with Gasteiger partial charge in [0.15, 0.2) is 0 Å². The van der Waals surface area contributed by atoms with E-state index in [4.69, 9.17) is 5.11 Å². The third-order valence-corrected chi connectivity index (χ3v) is 5.53. The van der Waals surface area contributed by atoms with Gasteiger partial charge in [-0.1, -0.05) is 6.92 Å². The molecule has 0 saturated carbocycles. The molecule has 23 heavy (non-hydrogen) atoms. The average molecular weight is 339 g/mol. The number of nitrogens with zero attached hydrogens (tertiary/aromatic N) is 2. The summed E-state index contributed by atoms with van der Waals surface area (Å²) in [6.45, 7) is 7.65. The smallest absolute Gasteiger partial charge is 0.347 e. The first-order chi connectivity index (χ1) is 11.0. The molecule has 0 aliphatic carbocycles. The Morgan fingerprint density at radius 2 is 2.09 bits per heavy atom. The minimum atomic E-state index is -0.936. The number of nitrogens with one attached hydrogen (secondary N) is 1. The highest BCUT2D eigenvalue weighted by molar-refractivity contribution is 7.13. The van der Waals surface area contributed by atoms with Crippen LogP contribution in [0.3, 0.4) is 0 Å². The molecule has 7 heteroatoms. The van der Waals surface area contributed by atoms with Crippen LogP contribution in [-0.2, 0) is 11.2 Å². The van der Waals surface area contributed by atoms with E-state index in [0.717, 1.165) is 37.5 Å². The Balaban J connectivity index is 1.69. The van der Waals surface area contributed by atoms with E-state index >= 15 is 0 Å². The standard InChI is InChI=1S/C16H25N3O3S/c1-3-19-8-5-12(6-9-19)10-13(20)17-7-4-14-18-11(2)15(23-14)16(21)22/h12H,3-10H2,1-2H3,(H,17,20)(H,21,22). The highest BCUT2D eigenvalue weighted by atomic mass is 32.1. The van der Waals surface area contributed by atoms with Gasteiger partial charge in [-0.25, -0.2) is 9.78 Å². The van der Waals surface area contributed by atoms with Crippen molar-refractivity contribution in [3.63, 3.8) is 0 Å². The summed E-state index contributed by atoms with van der Waals surface area (Å²) in [5, 5.41) is 12.7. The summed E-state index contributed by atoms with van der Waals surface area (Å²) in [5.41, 5.74) is 0.548. The van der Waals surface area contributed by atoms with E-state index in [1.54, 1.807) is 6.92 Å². The van der Waals surface area contributed by atoms with E-state index in [9.17, 15) is 9.59 Å². The largest absolute Gasteiger partial charge is 0.477 e. The van der Waals surface area contributed by atoms with E-state index in [1.165, 1.54) is 11.3 Å². The van der Waals surface area contributed by atoms with Crippen molar-refractivity contribution in [2.24, 2.45) is 5.92 Å².